The number of H-pyrrole nitrogens is 1. The summed E-state index contributed by atoms with van der Waals surface area (Å²) in [6.07, 6.45) is 2.40. The lowest BCUT2D eigenvalue weighted by Gasteiger charge is -2.28. The minimum atomic E-state index is -0.235. The number of likely N-dealkylation sites (tertiary alicyclic amines) is 1. The molecule has 0 saturated carbocycles. The van der Waals surface area contributed by atoms with Crippen molar-refractivity contribution in [3.8, 4) is 0 Å². The van der Waals surface area contributed by atoms with E-state index in [0.717, 1.165) is 49.4 Å². The number of amides is 2. The summed E-state index contributed by atoms with van der Waals surface area (Å²) in [4.78, 5) is 32.2. The molecule has 39 heavy (non-hydrogen) atoms. The van der Waals surface area contributed by atoms with Crippen molar-refractivity contribution in [2.75, 3.05) is 56.2 Å². The van der Waals surface area contributed by atoms with Gasteiger partial charge in [0.25, 0.3) is 11.8 Å². The molecule has 2 aromatic heterocycles. The smallest absolute Gasteiger partial charge is 0.261 e. The largest absolute Gasteiger partial charge is 0.378 e. The van der Waals surface area contributed by atoms with E-state index < -0.39 is 0 Å². The SMILES string of the molecule is O=C(Nc1[nH]nc2sc(C(=O)N[C@H](CN3CCCC3)c3ccccc3)cc12)c1ccc(N2CCOCC2)cc1. The quantitative estimate of drug-likeness (QED) is 0.306. The van der Waals surface area contributed by atoms with Gasteiger partial charge in [-0.1, -0.05) is 30.3 Å². The molecule has 2 aliphatic heterocycles. The number of hydrogen-bond acceptors (Lipinski definition) is 7. The third kappa shape index (κ3) is 5.83. The summed E-state index contributed by atoms with van der Waals surface area (Å²) in [5.41, 5.74) is 2.72. The summed E-state index contributed by atoms with van der Waals surface area (Å²) < 4.78 is 5.42. The first kappa shape index (κ1) is 25.5. The third-order valence-electron chi connectivity index (χ3n) is 7.37. The molecule has 2 aromatic carbocycles. The Hall–Kier alpha value is -3.73. The zero-order chi connectivity index (χ0) is 26.6. The molecule has 0 bridgehead atoms. The first-order chi connectivity index (χ1) is 19.1. The van der Waals surface area contributed by atoms with Gasteiger partial charge in [0.1, 0.15) is 10.6 Å². The number of morpholine rings is 1. The van der Waals surface area contributed by atoms with Gasteiger partial charge in [-0.2, -0.15) is 5.10 Å². The van der Waals surface area contributed by atoms with Crippen LogP contribution in [0.2, 0.25) is 0 Å². The van der Waals surface area contributed by atoms with Crippen molar-refractivity contribution >= 4 is 44.9 Å². The number of thiophene rings is 1. The number of aromatic amines is 1. The van der Waals surface area contributed by atoms with Crippen LogP contribution in [0.3, 0.4) is 0 Å². The number of nitrogens with one attached hydrogen (secondary N) is 3. The highest BCUT2D eigenvalue weighted by Gasteiger charge is 2.23. The fourth-order valence-corrected chi connectivity index (χ4v) is 6.12. The van der Waals surface area contributed by atoms with Gasteiger partial charge in [0.05, 0.1) is 29.5 Å². The van der Waals surface area contributed by atoms with E-state index in [4.69, 9.17) is 4.74 Å². The first-order valence-corrected chi connectivity index (χ1v) is 14.3. The molecule has 2 aliphatic rings. The van der Waals surface area contributed by atoms with E-state index in [1.807, 2.05) is 42.5 Å². The fraction of sp³-hybridized carbons (Fsp3) is 0.345. The normalized spacial score (nSPS) is 16.9. The first-order valence-electron chi connectivity index (χ1n) is 13.4. The minimum Gasteiger partial charge on any atom is -0.378 e. The number of hydrogen-bond donors (Lipinski definition) is 3. The van der Waals surface area contributed by atoms with Crippen molar-refractivity contribution in [3.63, 3.8) is 0 Å². The maximum atomic E-state index is 13.3. The van der Waals surface area contributed by atoms with Crippen LogP contribution < -0.4 is 15.5 Å². The van der Waals surface area contributed by atoms with Crippen molar-refractivity contribution in [2.24, 2.45) is 0 Å². The van der Waals surface area contributed by atoms with Gasteiger partial charge in [-0.25, -0.2) is 0 Å². The summed E-state index contributed by atoms with van der Waals surface area (Å²) in [5.74, 6) is 0.113. The van der Waals surface area contributed by atoms with Crippen molar-refractivity contribution < 1.29 is 14.3 Å². The summed E-state index contributed by atoms with van der Waals surface area (Å²) in [5, 5.41) is 14.1. The molecule has 0 radical (unpaired) electrons. The van der Waals surface area contributed by atoms with E-state index in [-0.39, 0.29) is 17.9 Å². The van der Waals surface area contributed by atoms with Gasteiger partial charge in [0.2, 0.25) is 0 Å². The molecular weight excluding hydrogens is 512 g/mol. The molecule has 2 saturated heterocycles. The number of rotatable bonds is 8. The molecule has 4 heterocycles. The number of anilines is 2. The van der Waals surface area contributed by atoms with E-state index >= 15 is 0 Å². The van der Waals surface area contributed by atoms with Crippen LogP contribution in [0.15, 0.2) is 60.7 Å². The van der Waals surface area contributed by atoms with Crippen molar-refractivity contribution in [1.82, 2.24) is 20.4 Å². The molecule has 0 spiro atoms. The van der Waals surface area contributed by atoms with Crippen LogP contribution in [0.5, 0.6) is 0 Å². The summed E-state index contributed by atoms with van der Waals surface area (Å²) in [6.45, 7) is 6.01. The number of carbonyl (C=O) groups is 2. The van der Waals surface area contributed by atoms with Gasteiger partial charge in [0, 0.05) is 30.9 Å². The third-order valence-corrected chi connectivity index (χ3v) is 8.39. The molecule has 0 aliphatic carbocycles. The number of benzene rings is 2. The van der Waals surface area contributed by atoms with Crippen LogP contribution in [0.25, 0.3) is 10.2 Å². The fourth-order valence-electron chi connectivity index (χ4n) is 5.22. The van der Waals surface area contributed by atoms with Gasteiger partial charge >= 0.3 is 0 Å². The molecule has 9 nitrogen and oxygen atoms in total. The van der Waals surface area contributed by atoms with Crippen molar-refractivity contribution in [2.45, 2.75) is 18.9 Å². The van der Waals surface area contributed by atoms with E-state index in [1.165, 1.54) is 24.2 Å². The van der Waals surface area contributed by atoms with Crippen molar-refractivity contribution in [1.29, 1.82) is 0 Å². The topological polar surface area (TPSA) is 103 Å². The molecule has 0 unspecified atom stereocenters. The number of carbonyl (C=O) groups excluding carboxylic acids is 2. The maximum absolute atomic E-state index is 13.3. The Kier molecular flexibility index (Phi) is 7.57. The predicted octanol–water partition coefficient (Wildman–Crippen LogP) is 4.28. The molecule has 1 atom stereocenters. The van der Waals surface area contributed by atoms with Crippen molar-refractivity contribution in [3.05, 3.63) is 76.7 Å². The van der Waals surface area contributed by atoms with Crippen LogP contribution in [0, 0.1) is 0 Å². The molecule has 6 rings (SSSR count). The molecule has 3 N–H and O–H groups in total. The van der Waals surface area contributed by atoms with Crippen LogP contribution >= 0.6 is 11.3 Å². The summed E-state index contributed by atoms with van der Waals surface area (Å²) in [7, 11) is 0. The second-order valence-electron chi connectivity index (χ2n) is 9.97. The van der Waals surface area contributed by atoms with E-state index in [9.17, 15) is 9.59 Å². The summed E-state index contributed by atoms with van der Waals surface area (Å²) in [6, 6.07) is 19.4. The van der Waals surface area contributed by atoms with Crippen LogP contribution in [-0.4, -0.2) is 72.8 Å². The standard InChI is InChI=1S/C29H32N6O3S/c36-27(21-8-10-22(11-9-21)35-14-16-38-17-15-35)31-26-23-18-25(39-29(23)33-32-26)28(37)30-24(19-34-12-4-5-13-34)20-6-2-1-3-7-20/h1-3,6-11,18,24H,4-5,12-17,19H2,(H,30,37)(H2,31,32,33,36)/t24-/m1/s1. The van der Waals surface area contributed by atoms with Gasteiger partial charge in [-0.3, -0.25) is 14.7 Å². The molecule has 10 heteroatoms. The Bertz CT molecular complexity index is 1420. The average molecular weight is 545 g/mol. The Morgan fingerprint density at radius 1 is 0.974 bits per heavy atom. The van der Waals surface area contributed by atoms with E-state index in [2.05, 4.69) is 42.8 Å². The number of ether oxygens (including phenoxy) is 1. The second-order valence-corrected chi connectivity index (χ2v) is 11.0. The Labute approximate surface area is 231 Å². The monoisotopic (exact) mass is 544 g/mol. The Balaban J connectivity index is 1.14. The number of fused-ring (bicyclic) bond motifs is 1. The Morgan fingerprint density at radius 3 is 2.46 bits per heavy atom. The molecule has 2 amide bonds. The molecular formula is C29H32N6O3S. The lowest BCUT2D eigenvalue weighted by Crippen LogP contribution is -2.36. The van der Waals surface area contributed by atoms with E-state index in [1.54, 1.807) is 6.07 Å². The van der Waals surface area contributed by atoms with Crippen LogP contribution in [0.4, 0.5) is 11.5 Å². The zero-order valence-corrected chi connectivity index (χ0v) is 22.5. The molecule has 4 aromatic rings. The van der Waals surface area contributed by atoms with Crippen LogP contribution in [-0.2, 0) is 4.74 Å². The summed E-state index contributed by atoms with van der Waals surface area (Å²) >= 11 is 1.31. The van der Waals surface area contributed by atoms with Gasteiger partial charge < -0.3 is 25.2 Å². The van der Waals surface area contributed by atoms with Crippen LogP contribution in [0.1, 0.15) is 44.5 Å². The number of nitrogens with zero attached hydrogens (tertiary/aromatic N) is 3. The lowest BCUT2D eigenvalue weighted by molar-refractivity contribution is 0.0930. The Morgan fingerprint density at radius 2 is 1.72 bits per heavy atom. The highest BCUT2D eigenvalue weighted by atomic mass is 32.1. The molecule has 2 fully saturated rings. The van der Waals surface area contributed by atoms with Gasteiger partial charge in [0.15, 0.2) is 0 Å². The highest BCUT2D eigenvalue weighted by Crippen LogP contribution is 2.30. The average Bonchev–Trinajstić information content (AvgIpc) is 3.73. The second kappa shape index (κ2) is 11.6. The maximum Gasteiger partial charge on any atom is 0.261 e. The molecule has 202 valence electrons. The van der Waals surface area contributed by atoms with Gasteiger partial charge in [-0.05, 0) is 61.8 Å². The zero-order valence-electron chi connectivity index (χ0n) is 21.7. The number of aromatic nitrogens is 2. The van der Waals surface area contributed by atoms with Gasteiger partial charge in [-0.15, -0.1) is 11.3 Å². The van der Waals surface area contributed by atoms with E-state index in [0.29, 0.717) is 34.3 Å². The lowest BCUT2D eigenvalue weighted by atomic mass is 10.1. The highest BCUT2D eigenvalue weighted by molar-refractivity contribution is 7.20. The predicted molar refractivity (Wildman–Crippen MR) is 154 cm³/mol. The minimum absolute atomic E-state index is 0.104.